The molecule has 0 aliphatic heterocycles. The summed E-state index contributed by atoms with van der Waals surface area (Å²) in [6, 6.07) is 6.14. The Morgan fingerprint density at radius 3 is 2.11 bits per heavy atom. The van der Waals surface area contributed by atoms with Crippen molar-refractivity contribution in [3.05, 3.63) is 29.3 Å². The van der Waals surface area contributed by atoms with Crippen LogP contribution in [0.1, 0.15) is 30.4 Å². The van der Waals surface area contributed by atoms with E-state index in [1.807, 2.05) is 33.0 Å². The fourth-order valence-corrected chi connectivity index (χ4v) is 2.37. The summed E-state index contributed by atoms with van der Waals surface area (Å²) in [5.41, 5.74) is 8.72. The number of hydrogen-bond donors (Lipinski definition) is 1. The van der Waals surface area contributed by atoms with Crippen molar-refractivity contribution in [2.24, 2.45) is 5.73 Å². The van der Waals surface area contributed by atoms with Gasteiger partial charge in [-0.15, -0.1) is 12.4 Å². The highest BCUT2D eigenvalue weighted by Crippen LogP contribution is 2.32. The molecule has 2 N–H and O–H groups in total. The van der Waals surface area contributed by atoms with Crippen LogP contribution in [0.5, 0.6) is 0 Å². The summed E-state index contributed by atoms with van der Waals surface area (Å²) < 4.78 is 0. The van der Waals surface area contributed by atoms with Crippen molar-refractivity contribution in [2.45, 2.75) is 38.6 Å². The van der Waals surface area contributed by atoms with Crippen molar-refractivity contribution >= 4 is 24.0 Å². The summed E-state index contributed by atoms with van der Waals surface area (Å²) in [4.78, 5) is 14.0. The highest BCUT2D eigenvalue weighted by molar-refractivity contribution is 6.00. The molecule has 1 aliphatic carbocycles. The summed E-state index contributed by atoms with van der Waals surface area (Å²) in [5, 5.41) is 0. The van der Waals surface area contributed by atoms with Crippen LogP contribution in [-0.4, -0.2) is 18.5 Å². The first-order chi connectivity index (χ1) is 7.92. The van der Waals surface area contributed by atoms with Gasteiger partial charge < -0.3 is 10.6 Å². The first kappa shape index (κ1) is 15.0. The van der Waals surface area contributed by atoms with Gasteiger partial charge in [0.05, 0.1) is 5.54 Å². The zero-order chi connectivity index (χ0) is 12.6. The molecular formula is C14H21ClN2O. The molecule has 0 spiro atoms. The molecule has 0 aromatic heterocycles. The first-order valence-corrected chi connectivity index (χ1v) is 6.08. The van der Waals surface area contributed by atoms with Crippen molar-refractivity contribution < 1.29 is 4.79 Å². The number of halogens is 1. The molecule has 0 saturated heterocycles. The average molecular weight is 269 g/mol. The van der Waals surface area contributed by atoms with Gasteiger partial charge in [-0.05, 0) is 56.4 Å². The molecule has 1 saturated carbocycles. The number of anilines is 1. The molecule has 0 radical (unpaired) electrons. The molecular weight excluding hydrogens is 248 g/mol. The zero-order valence-electron chi connectivity index (χ0n) is 11.2. The maximum Gasteiger partial charge on any atom is 0.246 e. The largest absolute Gasteiger partial charge is 0.317 e. The minimum atomic E-state index is -0.619. The van der Waals surface area contributed by atoms with Gasteiger partial charge in [0.15, 0.2) is 0 Å². The fourth-order valence-electron chi connectivity index (χ4n) is 2.37. The van der Waals surface area contributed by atoms with Gasteiger partial charge in [-0.25, -0.2) is 0 Å². The zero-order valence-corrected chi connectivity index (χ0v) is 12.0. The van der Waals surface area contributed by atoms with E-state index in [1.54, 1.807) is 4.90 Å². The van der Waals surface area contributed by atoms with Crippen molar-refractivity contribution in [3.63, 3.8) is 0 Å². The second-order valence-corrected chi connectivity index (χ2v) is 5.22. The number of nitrogens with two attached hydrogens (primary N) is 1. The van der Waals surface area contributed by atoms with Crippen LogP contribution in [0.25, 0.3) is 0 Å². The average Bonchev–Trinajstić information content (AvgIpc) is 2.22. The normalized spacial score (nSPS) is 16.4. The molecule has 1 aromatic rings. The molecule has 0 unspecified atom stereocenters. The molecule has 0 heterocycles. The fraction of sp³-hybridized carbons (Fsp3) is 0.500. The van der Waals surface area contributed by atoms with Gasteiger partial charge in [-0.1, -0.05) is 6.07 Å². The number of rotatable bonds is 2. The van der Waals surface area contributed by atoms with E-state index in [2.05, 4.69) is 6.07 Å². The molecule has 1 aromatic carbocycles. The maximum atomic E-state index is 12.3. The summed E-state index contributed by atoms with van der Waals surface area (Å²) in [6.45, 7) is 4.08. The van der Waals surface area contributed by atoms with E-state index in [0.29, 0.717) is 0 Å². The van der Waals surface area contributed by atoms with Gasteiger partial charge in [0.2, 0.25) is 5.91 Å². The Morgan fingerprint density at radius 2 is 1.72 bits per heavy atom. The van der Waals surface area contributed by atoms with E-state index >= 15 is 0 Å². The number of benzene rings is 1. The van der Waals surface area contributed by atoms with Crippen LogP contribution in [0, 0.1) is 13.8 Å². The van der Waals surface area contributed by atoms with Gasteiger partial charge in [0.1, 0.15) is 0 Å². The van der Waals surface area contributed by atoms with Crippen LogP contribution in [0.2, 0.25) is 0 Å². The number of nitrogens with zero attached hydrogens (tertiary/aromatic N) is 1. The van der Waals surface area contributed by atoms with Crippen molar-refractivity contribution in [3.8, 4) is 0 Å². The number of likely N-dealkylation sites (N-methyl/N-ethyl adjacent to an activating group) is 1. The van der Waals surface area contributed by atoms with Gasteiger partial charge in [0, 0.05) is 12.7 Å². The van der Waals surface area contributed by atoms with Crippen molar-refractivity contribution in [1.82, 2.24) is 0 Å². The first-order valence-electron chi connectivity index (χ1n) is 6.08. The third kappa shape index (κ3) is 2.68. The molecule has 1 amide bonds. The van der Waals surface area contributed by atoms with Crippen LogP contribution in [0.4, 0.5) is 5.69 Å². The molecule has 1 aliphatic rings. The SMILES string of the molecule is Cc1cc(C)cc(N(C)C(=O)C2(N)CCC2)c1.Cl. The topological polar surface area (TPSA) is 46.3 Å². The Bertz CT molecular complexity index is 435. The molecule has 1 fully saturated rings. The smallest absolute Gasteiger partial charge is 0.246 e. The lowest BCUT2D eigenvalue weighted by Gasteiger charge is -2.39. The number of carbonyl (C=O) groups is 1. The minimum Gasteiger partial charge on any atom is -0.317 e. The molecule has 0 bridgehead atoms. The van der Waals surface area contributed by atoms with E-state index in [4.69, 9.17) is 5.73 Å². The quantitative estimate of drug-likeness (QED) is 0.896. The summed E-state index contributed by atoms with van der Waals surface area (Å²) in [7, 11) is 1.81. The van der Waals surface area contributed by atoms with Crippen molar-refractivity contribution in [1.29, 1.82) is 0 Å². The van der Waals surface area contributed by atoms with Gasteiger partial charge in [-0.2, -0.15) is 0 Å². The van der Waals surface area contributed by atoms with Gasteiger partial charge in [0.25, 0.3) is 0 Å². The van der Waals surface area contributed by atoms with Crippen LogP contribution >= 0.6 is 12.4 Å². The number of amides is 1. The molecule has 2 rings (SSSR count). The van der Waals surface area contributed by atoms with Crippen LogP contribution < -0.4 is 10.6 Å². The Hall–Kier alpha value is -1.06. The van der Waals surface area contributed by atoms with Crippen LogP contribution in [-0.2, 0) is 4.79 Å². The Balaban J connectivity index is 0.00000162. The second-order valence-electron chi connectivity index (χ2n) is 5.22. The summed E-state index contributed by atoms with van der Waals surface area (Å²) in [5.74, 6) is 0.0359. The Morgan fingerprint density at radius 1 is 1.22 bits per heavy atom. The molecule has 4 heteroatoms. The summed E-state index contributed by atoms with van der Waals surface area (Å²) >= 11 is 0. The second kappa shape index (κ2) is 5.29. The molecule has 3 nitrogen and oxygen atoms in total. The Labute approximate surface area is 115 Å². The van der Waals surface area contributed by atoms with E-state index < -0.39 is 5.54 Å². The van der Waals surface area contributed by atoms with E-state index in [0.717, 1.165) is 24.9 Å². The lowest BCUT2D eigenvalue weighted by molar-refractivity contribution is -0.126. The molecule has 100 valence electrons. The number of aryl methyl sites for hydroxylation is 2. The molecule has 0 atom stereocenters. The lowest BCUT2D eigenvalue weighted by Crippen LogP contribution is -2.59. The molecule has 18 heavy (non-hydrogen) atoms. The van der Waals surface area contributed by atoms with Crippen LogP contribution in [0.15, 0.2) is 18.2 Å². The predicted molar refractivity (Wildman–Crippen MR) is 77.3 cm³/mol. The standard InChI is InChI=1S/C14H20N2O.ClH/c1-10-7-11(2)9-12(8-10)16(3)13(17)14(15)5-4-6-14;/h7-9H,4-6,15H2,1-3H3;1H. The third-order valence-corrected chi connectivity index (χ3v) is 3.57. The maximum absolute atomic E-state index is 12.3. The monoisotopic (exact) mass is 268 g/mol. The van der Waals surface area contributed by atoms with Crippen molar-refractivity contribution in [2.75, 3.05) is 11.9 Å². The number of carbonyl (C=O) groups excluding carboxylic acids is 1. The number of hydrogen-bond acceptors (Lipinski definition) is 2. The third-order valence-electron chi connectivity index (χ3n) is 3.57. The summed E-state index contributed by atoms with van der Waals surface area (Å²) in [6.07, 6.45) is 2.67. The Kier molecular flexibility index (Phi) is 4.41. The predicted octanol–water partition coefficient (Wildman–Crippen LogP) is 2.57. The lowest BCUT2D eigenvalue weighted by atomic mass is 9.76. The minimum absolute atomic E-state index is 0. The van der Waals surface area contributed by atoms with E-state index in [-0.39, 0.29) is 18.3 Å². The van der Waals surface area contributed by atoms with Gasteiger partial charge in [-0.3, -0.25) is 4.79 Å². The van der Waals surface area contributed by atoms with Gasteiger partial charge >= 0.3 is 0 Å². The van der Waals surface area contributed by atoms with E-state index in [9.17, 15) is 4.79 Å². The highest BCUT2D eigenvalue weighted by atomic mass is 35.5. The highest BCUT2D eigenvalue weighted by Gasteiger charge is 2.42. The van der Waals surface area contributed by atoms with E-state index in [1.165, 1.54) is 11.1 Å². The van der Waals surface area contributed by atoms with Crippen LogP contribution in [0.3, 0.4) is 0 Å².